The number of fused-ring (bicyclic) bond motifs is 3. The molecular weight excluding hydrogens is 278 g/mol. The monoisotopic (exact) mass is 303 g/mol. The Morgan fingerprint density at radius 3 is 2.90 bits per heavy atom. The minimum Gasteiger partial charge on any atom is -0.343 e. The van der Waals surface area contributed by atoms with Crippen molar-refractivity contribution < 1.29 is 0 Å². The molecule has 0 saturated heterocycles. The normalized spacial score (nSPS) is 18.4. The highest BCUT2D eigenvalue weighted by molar-refractivity contribution is 7.99. The lowest BCUT2D eigenvalue weighted by atomic mass is 9.95. The lowest BCUT2D eigenvalue weighted by molar-refractivity contribution is 0.383. The van der Waals surface area contributed by atoms with E-state index >= 15 is 0 Å². The molecule has 1 aromatic carbocycles. The van der Waals surface area contributed by atoms with Crippen LogP contribution in [0.15, 0.2) is 24.3 Å². The average molecular weight is 303 g/mol. The molecule has 114 valence electrons. The van der Waals surface area contributed by atoms with E-state index in [9.17, 15) is 0 Å². The SMILES string of the molecule is CN(C)CCn1c2c(c3ccccc31)C(SCN)CCC2. The molecule has 1 unspecified atom stereocenters. The summed E-state index contributed by atoms with van der Waals surface area (Å²) in [4.78, 5) is 2.26. The van der Waals surface area contributed by atoms with E-state index in [1.165, 1.54) is 30.2 Å². The predicted molar refractivity (Wildman–Crippen MR) is 92.8 cm³/mol. The van der Waals surface area contributed by atoms with Gasteiger partial charge in [-0.05, 0) is 45.0 Å². The molecule has 4 heteroatoms. The van der Waals surface area contributed by atoms with E-state index in [0.29, 0.717) is 11.1 Å². The van der Waals surface area contributed by atoms with Crippen LogP contribution >= 0.6 is 11.8 Å². The number of hydrogen-bond donors (Lipinski definition) is 1. The molecule has 1 heterocycles. The summed E-state index contributed by atoms with van der Waals surface area (Å²) < 4.78 is 2.55. The quantitative estimate of drug-likeness (QED) is 0.861. The van der Waals surface area contributed by atoms with Gasteiger partial charge in [0.15, 0.2) is 0 Å². The van der Waals surface area contributed by atoms with Crippen LogP contribution in [0, 0.1) is 0 Å². The molecular formula is C17H25N3S. The Bertz CT molecular complexity index is 618. The fourth-order valence-corrected chi connectivity index (χ4v) is 4.44. The Hall–Kier alpha value is -0.970. The number of rotatable bonds is 5. The zero-order valence-electron chi connectivity index (χ0n) is 13.0. The first-order valence-electron chi connectivity index (χ1n) is 7.78. The van der Waals surface area contributed by atoms with E-state index in [-0.39, 0.29) is 0 Å². The van der Waals surface area contributed by atoms with Crippen molar-refractivity contribution in [3.63, 3.8) is 0 Å². The molecule has 3 nitrogen and oxygen atoms in total. The van der Waals surface area contributed by atoms with Crippen LogP contribution in [-0.2, 0) is 13.0 Å². The van der Waals surface area contributed by atoms with Gasteiger partial charge in [0.25, 0.3) is 0 Å². The summed E-state index contributed by atoms with van der Waals surface area (Å²) in [5, 5.41) is 2.01. The minimum atomic E-state index is 0.573. The molecule has 0 saturated carbocycles. The molecule has 1 aromatic heterocycles. The Labute approximate surface area is 131 Å². The van der Waals surface area contributed by atoms with Crippen LogP contribution in [0.25, 0.3) is 10.9 Å². The van der Waals surface area contributed by atoms with E-state index < -0.39 is 0 Å². The van der Waals surface area contributed by atoms with Gasteiger partial charge in [0.2, 0.25) is 0 Å². The van der Waals surface area contributed by atoms with Crippen molar-refractivity contribution in [1.29, 1.82) is 0 Å². The molecule has 1 aliphatic rings. The molecule has 0 amide bonds. The Balaban J connectivity index is 2.10. The maximum Gasteiger partial charge on any atom is 0.0486 e. The summed E-state index contributed by atoms with van der Waals surface area (Å²) in [7, 11) is 4.29. The predicted octanol–water partition coefficient (Wildman–Crippen LogP) is 3.23. The summed E-state index contributed by atoms with van der Waals surface area (Å²) in [6, 6.07) is 8.88. The first-order valence-corrected chi connectivity index (χ1v) is 8.83. The number of para-hydroxylation sites is 1. The fraction of sp³-hybridized carbons (Fsp3) is 0.529. The summed E-state index contributed by atoms with van der Waals surface area (Å²) in [5.41, 5.74) is 10.3. The number of nitrogens with zero attached hydrogens (tertiary/aromatic N) is 2. The molecule has 1 aliphatic carbocycles. The Morgan fingerprint density at radius 2 is 2.14 bits per heavy atom. The first-order chi connectivity index (χ1) is 10.2. The zero-order chi connectivity index (χ0) is 14.8. The Morgan fingerprint density at radius 1 is 1.33 bits per heavy atom. The molecule has 2 N–H and O–H groups in total. The smallest absolute Gasteiger partial charge is 0.0486 e. The van der Waals surface area contributed by atoms with E-state index in [4.69, 9.17) is 5.73 Å². The van der Waals surface area contributed by atoms with E-state index in [1.807, 2.05) is 11.8 Å². The third-order valence-electron chi connectivity index (χ3n) is 4.39. The molecule has 0 spiro atoms. The van der Waals surface area contributed by atoms with E-state index in [2.05, 4.69) is 47.8 Å². The topological polar surface area (TPSA) is 34.2 Å². The summed E-state index contributed by atoms with van der Waals surface area (Å²) in [5.74, 6) is 0.710. The van der Waals surface area contributed by atoms with E-state index in [1.54, 1.807) is 11.3 Å². The van der Waals surface area contributed by atoms with Crippen LogP contribution in [0.5, 0.6) is 0 Å². The molecule has 0 radical (unpaired) electrons. The highest BCUT2D eigenvalue weighted by Crippen LogP contribution is 2.44. The third-order valence-corrected chi connectivity index (χ3v) is 5.46. The van der Waals surface area contributed by atoms with Crippen molar-refractivity contribution in [2.45, 2.75) is 31.1 Å². The molecule has 0 aliphatic heterocycles. The number of aromatic nitrogens is 1. The van der Waals surface area contributed by atoms with Crippen molar-refractivity contribution in [1.82, 2.24) is 9.47 Å². The molecule has 0 fully saturated rings. The number of hydrogen-bond acceptors (Lipinski definition) is 3. The van der Waals surface area contributed by atoms with Gasteiger partial charge in [-0.15, -0.1) is 11.8 Å². The molecule has 0 bridgehead atoms. The second kappa shape index (κ2) is 6.42. The minimum absolute atomic E-state index is 0.573. The highest BCUT2D eigenvalue weighted by atomic mass is 32.2. The van der Waals surface area contributed by atoms with Gasteiger partial charge in [0, 0.05) is 40.8 Å². The molecule has 3 rings (SSSR count). The van der Waals surface area contributed by atoms with Crippen LogP contribution in [0.3, 0.4) is 0 Å². The number of thioether (sulfide) groups is 1. The number of likely N-dealkylation sites (N-methyl/N-ethyl adjacent to an activating group) is 1. The van der Waals surface area contributed by atoms with Crippen molar-refractivity contribution in [2.75, 3.05) is 26.5 Å². The van der Waals surface area contributed by atoms with Gasteiger partial charge in [-0.2, -0.15) is 0 Å². The van der Waals surface area contributed by atoms with Crippen molar-refractivity contribution in [3.8, 4) is 0 Å². The summed E-state index contributed by atoms with van der Waals surface area (Å²) >= 11 is 1.90. The van der Waals surface area contributed by atoms with Crippen molar-refractivity contribution >= 4 is 22.7 Å². The fourth-order valence-electron chi connectivity index (χ4n) is 3.45. The lowest BCUT2D eigenvalue weighted by Gasteiger charge is -2.24. The van der Waals surface area contributed by atoms with Crippen LogP contribution in [0.4, 0.5) is 0 Å². The van der Waals surface area contributed by atoms with E-state index in [0.717, 1.165) is 13.1 Å². The third kappa shape index (κ3) is 2.85. The van der Waals surface area contributed by atoms with Gasteiger partial charge < -0.3 is 15.2 Å². The lowest BCUT2D eigenvalue weighted by Crippen LogP contribution is -2.20. The van der Waals surface area contributed by atoms with Crippen LogP contribution < -0.4 is 5.73 Å². The highest BCUT2D eigenvalue weighted by Gasteiger charge is 2.27. The van der Waals surface area contributed by atoms with Gasteiger partial charge in [0.1, 0.15) is 0 Å². The zero-order valence-corrected chi connectivity index (χ0v) is 13.8. The summed E-state index contributed by atoms with van der Waals surface area (Å²) in [6.45, 7) is 2.16. The van der Waals surface area contributed by atoms with Gasteiger partial charge in [-0.3, -0.25) is 0 Å². The summed E-state index contributed by atoms with van der Waals surface area (Å²) in [6.07, 6.45) is 3.75. The van der Waals surface area contributed by atoms with Crippen molar-refractivity contribution in [3.05, 3.63) is 35.5 Å². The van der Waals surface area contributed by atoms with Crippen LogP contribution in [-0.4, -0.2) is 36.0 Å². The number of benzene rings is 1. The van der Waals surface area contributed by atoms with Crippen LogP contribution in [0.2, 0.25) is 0 Å². The largest absolute Gasteiger partial charge is 0.343 e. The van der Waals surface area contributed by atoms with Crippen LogP contribution in [0.1, 0.15) is 29.3 Å². The average Bonchev–Trinajstić information content (AvgIpc) is 2.80. The molecule has 2 aromatic rings. The molecule has 21 heavy (non-hydrogen) atoms. The van der Waals surface area contributed by atoms with Gasteiger partial charge in [0.05, 0.1) is 0 Å². The standard InChI is InChI=1S/C17H25N3S/c1-19(2)10-11-20-14-7-4-3-6-13(14)17-15(20)8-5-9-16(17)21-12-18/h3-4,6-7,16H,5,8-12,18H2,1-2H3. The Kier molecular flexibility index (Phi) is 4.57. The second-order valence-electron chi connectivity index (χ2n) is 6.05. The van der Waals surface area contributed by atoms with Gasteiger partial charge >= 0.3 is 0 Å². The van der Waals surface area contributed by atoms with Crippen molar-refractivity contribution in [2.24, 2.45) is 5.73 Å². The second-order valence-corrected chi connectivity index (χ2v) is 7.28. The number of nitrogens with two attached hydrogens (primary N) is 1. The van der Waals surface area contributed by atoms with Gasteiger partial charge in [-0.25, -0.2) is 0 Å². The maximum absolute atomic E-state index is 5.82. The maximum atomic E-state index is 5.82. The van der Waals surface area contributed by atoms with Gasteiger partial charge in [-0.1, -0.05) is 18.2 Å². The molecule has 1 atom stereocenters. The first kappa shape index (κ1) is 14.9.